The van der Waals surface area contributed by atoms with E-state index in [1.807, 2.05) is 55.5 Å². The molecule has 1 aromatic carbocycles. The Morgan fingerprint density at radius 3 is 2.68 bits per heavy atom. The van der Waals surface area contributed by atoms with Gasteiger partial charge in [0, 0.05) is 12.6 Å². The summed E-state index contributed by atoms with van der Waals surface area (Å²) in [6, 6.07) is 15.1. The van der Waals surface area contributed by atoms with Crippen molar-refractivity contribution in [1.29, 1.82) is 0 Å². The normalized spacial score (nSPS) is 11.9. The van der Waals surface area contributed by atoms with Gasteiger partial charge in [0.2, 0.25) is 5.88 Å². The van der Waals surface area contributed by atoms with Gasteiger partial charge in [-0.1, -0.05) is 36.4 Å². The molecule has 1 unspecified atom stereocenters. The predicted molar refractivity (Wildman–Crippen MR) is 75.3 cm³/mol. The number of anilines is 1. The van der Waals surface area contributed by atoms with Gasteiger partial charge in [-0.25, -0.2) is 0 Å². The molecule has 0 spiro atoms. The summed E-state index contributed by atoms with van der Waals surface area (Å²) < 4.78 is 5.32. The number of nitrogens with one attached hydrogen (secondary N) is 1. The van der Waals surface area contributed by atoms with Crippen molar-refractivity contribution >= 4 is 5.82 Å². The van der Waals surface area contributed by atoms with Crippen LogP contribution in [0.2, 0.25) is 0 Å². The molecule has 1 aromatic heterocycles. The van der Waals surface area contributed by atoms with Crippen molar-refractivity contribution in [3.05, 3.63) is 54.1 Å². The molecule has 100 valence electrons. The molecule has 0 fully saturated rings. The summed E-state index contributed by atoms with van der Waals surface area (Å²) >= 11 is 0. The number of hydrogen-bond acceptors (Lipinski definition) is 4. The smallest absolute Gasteiger partial charge is 0.215 e. The third-order valence-electron chi connectivity index (χ3n) is 2.68. The molecule has 0 aliphatic rings. The lowest BCUT2D eigenvalue weighted by Gasteiger charge is -2.13. The molecular weight excluding hydrogens is 240 g/mol. The maximum Gasteiger partial charge on any atom is 0.215 e. The third-order valence-corrected chi connectivity index (χ3v) is 2.68. The van der Waals surface area contributed by atoms with Crippen LogP contribution in [0.3, 0.4) is 0 Å². The van der Waals surface area contributed by atoms with Crippen LogP contribution in [0.1, 0.15) is 18.6 Å². The number of pyridine rings is 1. The molecule has 1 heterocycles. The highest BCUT2D eigenvalue weighted by atomic mass is 16.5. The highest BCUT2D eigenvalue weighted by molar-refractivity contribution is 5.37. The van der Waals surface area contributed by atoms with Crippen LogP contribution in [-0.4, -0.2) is 23.2 Å². The number of benzene rings is 1. The largest absolute Gasteiger partial charge is 0.478 e. The Bertz CT molecular complexity index is 503. The molecule has 0 bridgehead atoms. The van der Waals surface area contributed by atoms with E-state index in [2.05, 4.69) is 10.3 Å². The van der Waals surface area contributed by atoms with Crippen molar-refractivity contribution in [3.63, 3.8) is 0 Å². The molecule has 1 atom stereocenters. The van der Waals surface area contributed by atoms with E-state index in [1.165, 1.54) is 0 Å². The monoisotopic (exact) mass is 258 g/mol. The van der Waals surface area contributed by atoms with Crippen molar-refractivity contribution in [2.45, 2.75) is 13.0 Å². The topological polar surface area (TPSA) is 54.4 Å². The highest BCUT2D eigenvalue weighted by Gasteiger charge is 2.06. The van der Waals surface area contributed by atoms with Gasteiger partial charge in [-0.3, -0.25) is 0 Å². The van der Waals surface area contributed by atoms with Crippen molar-refractivity contribution in [2.75, 3.05) is 18.5 Å². The Hall–Kier alpha value is -2.07. The number of aliphatic hydroxyl groups is 1. The first-order chi connectivity index (χ1) is 9.29. The van der Waals surface area contributed by atoms with E-state index in [-0.39, 0.29) is 0 Å². The average Bonchev–Trinajstić information content (AvgIpc) is 2.46. The lowest BCUT2D eigenvalue weighted by atomic mass is 10.1. The first-order valence-electron chi connectivity index (χ1n) is 6.36. The van der Waals surface area contributed by atoms with E-state index in [0.717, 1.165) is 5.56 Å². The molecule has 2 aromatic rings. The summed E-state index contributed by atoms with van der Waals surface area (Å²) in [5.74, 6) is 1.28. The fourth-order valence-corrected chi connectivity index (χ4v) is 1.74. The van der Waals surface area contributed by atoms with Crippen LogP contribution in [0.25, 0.3) is 0 Å². The SMILES string of the molecule is CCOc1cccc(NCC(O)c2ccccc2)n1. The van der Waals surface area contributed by atoms with Crippen LogP contribution in [-0.2, 0) is 0 Å². The number of aromatic nitrogens is 1. The molecule has 0 radical (unpaired) electrons. The van der Waals surface area contributed by atoms with Crippen molar-refractivity contribution in [1.82, 2.24) is 4.98 Å². The minimum absolute atomic E-state index is 0.409. The average molecular weight is 258 g/mol. The fourth-order valence-electron chi connectivity index (χ4n) is 1.74. The van der Waals surface area contributed by atoms with Crippen LogP contribution >= 0.6 is 0 Å². The summed E-state index contributed by atoms with van der Waals surface area (Å²) in [7, 11) is 0. The first-order valence-corrected chi connectivity index (χ1v) is 6.36. The molecular formula is C15H18N2O2. The Balaban J connectivity index is 1.93. The van der Waals surface area contributed by atoms with Crippen molar-refractivity contribution in [2.24, 2.45) is 0 Å². The van der Waals surface area contributed by atoms with Crippen molar-refractivity contribution < 1.29 is 9.84 Å². The Labute approximate surface area is 113 Å². The lowest BCUT2D eigenvalue weighted by molar-refractivity contribution is 0.191. The minimum atomic E-state index is -0.557. The second-order valence-corrected chi connectivity index (χ2v) is 4.10. The summed E-state index contributed by atoms with van der Waals surface area (Å²) in [5, 5.41) is 13.1. The predicted octanol–water partition coefficient (Wildman–Crippen LogP) is 2.63. The standard InChI is InChI=1S/C15H18N2O2/c1-2-19-15-10-6-9-14(17-15)16-11-13(18)12-7-4-3-5-8-12/h3-10,13,18H,2,11H2,1H3,(H,16,17). The van der Waals surface area contributed by atoms with E-state index in [4.69, 9.17) is 4.74 Å². The Morgan fingerprint density at radius 1 is 1.16 bits per heavy atom. The van der Waals surface area contributed by atoms with Crippen molar-refractivity contribution in [3.8, 4) is 5.88 Å². The minimum Gasteiger partial charge on any atom is -0.478 e. The fraction of sp³-hybridized carbons (Fsp3) is 0.267. The molecule has 0 amide bonds. The zero-order valence-corrected chi connectivity index (χ0v) is 10.9. The van der Waals surface area contributed by atoms with Crippen LogP contribution in [0.15, 0.2) is 48.5 Å². The molecule has 0 saturated carbocycles. The van der Waals surface area contributed by atoms with Gasteiger partial charge in [0.1, 0.15) is 5.82 Å². The molecule has 0 aliphatic carbocycles. The van der Waals surface area contributed by atoms with Gasteiger partial charge in [0.05, 0.1) is 12.7 Å². The second kappa shape index (κ2) is 6.75. The van der Waals surface area contributed by atoms with Crippen LogP contribution in [0.4, 0.5) is 5.82 Å². The molecule has 2 N–H and O–H groups in total. The van der Waals surface area contributed by atoms with Gasteiger partial charge in [0.15, 0.2) is 0 Å². The summed E-state index contributed by atoms with van der Waals surface area (Å²) in [4.78, 5) is 4.28. The first kappa shape index (κ1) is 13.4. The highest BCUT2D eigenvalue weighted by Crippen LogP contribution is 2.15. The van der Waals surface area contributed by atoms with Gasteiger partial charge in [0.25, 0.3) is 0 Å². The van der Waals surface area contributed by atoms with E-state index in [0.29, 0.717) is 24.8 Å². The number of ether oxygens (including phenoxy) is 1. The van der Waals surface area contributed by atoms with Gasteiger partial charge >= 0.3 is 0 Å². The summed E-state index contributed by atoms with van der Waals surface area (Å²) in [5.41, 5.74) is 0.885. The number of hydrogen-bond donors (Lipinski definition) is 2. The van der Waals surface area contributed by atoms with Crippen LogP contribution < -0.4 is 10.1 Å². The number of aliphatic hydroxyl groups excluding tert-OH is 1. The molecule has 0 saturated heterocycles. The van der Waals surface area contributed by atoms with Crippen LogP contribution in [0, 0.1) is 0 Å². The molecule has 19 heavy (non-hydrogen) atoms. The van der Waals surface area contributed by atoms with E-state index in [9.17, 15) is 5.11 Å². The van der Waals surface area contributed by atoms with Gasteiger partial charge in [-0.2, -0.15) is 4.98 Å². The Kier molecular flexibility index (Phi) is 4.75. The number of nitrogens with zero attached hydrogens (tertiary/aromatic N) is 1. The number of rotatable bonds is 6. The van der Waals surface area contributed by atoms with E-state index >= 15 is 0 Å². The van der Waals surface area contributed by atoms with Gasteiger partial charge < -0.3 is 15.2 Å². The molecule has 4 nitrogen and oxygen atoms in total. The Morgan fingerprint density at radius 2 is 1.95 bits per heavy atom. The molecule has 0 aliphatic heterocycles. The summed E-state index contributed by atoms with van der Waals surface area (Å²) in [6.45, 7) is 2.91. The third kappa shape index (κ3) is 3.96. The quantitative estimate of drug-likeness (QED) is 0.836. The lowest BCUT2D eigenvalue weighted by Crippen LogP contribution is -2.13. The van der Waals surface area contributed by atoms with E-state index < -0.39 is 6.10 Å². The maximum atomic E-state index is 10.0. The zero-order chi connectivity index (χ0) is 13.5. The molecule has 4 heteroatoms. The van der Waals surface area contributed by atoms with Gasteiger partial charge in [-0.05, 0) is 18.6 Å². The van der Waals surface area contributed by atoms with Gasteiger partial charge in [-0.15, -0.1) is 0 Å². The zero-order valence-electron chi connectivity index (χ0n) is 10.9. The molecule has 2 rings (SSSR count). The maximum absolute atomic E-state index is 10.0. The van der Waals surface area contributed by atoms with E-state index in [1.54, 1.807) is 0 Å². The second-order valence-electron chi connectivity index (χ2n) is 4.10. The van der Waals surface area contributed by atoms with Crippen LogP contribution in [0.5, 0.6) is 5.88 Å². The summed E-state index contributed by atoms with van der Waals surface area (Å²) in [6.07, 6.45) is -0.557.